The lowest BCUT2D eigenvalue weighted by Crippen LogP contribution is -2.09. The van der Waals surface area contributed by atoms with Gasteiger partial charge < -0.3 is 10.6 Å². The third-order valence-electron chi connectivity index (χ3n) is 3.01. The molecule has 0 aliphatic rings. The summed E-state index contributed by atoms with van der Waals surface area (Å²) in [5.41, 5.74) is 2.09. The molecule has 1 unspecified atom stereocenters. The van der Waals surface area contributed by atoms with E-state index in [0.29, 0.717) is 11.3 Å². The quantitative estimate of drug-likeness (QED) is 0.890. The topological polar surface area (TPSA) is 41.1 Å². The number of rotatable bonds is 4. The highest BCUT2D eigenvalue weighted by atomic mass is 19.2. The van der Waals surface area contributed by atoms with E-state index in [1.54, 1.807) is 18.2 Å². The maximum Gasteiger partial charge on any atom is 0.221 e. The third kappa shape index (κ3) is 4.02. The molecule has 0 heterocycles. The van der Waals surface area contributed by atoms with E-state index in [0.717, 1.165) is 11.8 Å². The van der Waals surface area contributed by atoms with Crippen molar-refractivity contribution in [1.82, 2.24) is 0 Å². The average molecular weight is 290 g/mol. The normalized spacial score (nSPS) is 11.8. The van der Waals surface area contributed by atoms with E-state index in [1.165, 1.54) is 19.1 Å². The Kier molecular flexibility index (Phi) is 4.52. The minimum Gasteiger partial charge on any atom is -0.378 e. The van der Waals surface area contributed by atoms with Gasteiger partial charge in [0.05, 0.1) is 0 Å². The van der Waals surface area contributed by atoms with Gasteiger partial charge in [-0.25, -0.2) is 8.78 Å². The fraction of sp³-hybridized carbons (Fsp3) is 0.188. The van der Waals surface area contributed by atoms with E-state index >= 15 is 0 Å². The second-order valence-corrected chi connectivity index (χ2v) is 4.80. The van der Waals surface area contributed by atoms with Crippen molar-refractivity contribution in [2.45, 2.75) is 19.9 Å². The standard InChI is InChI=1S/C16H16F2N2O/c1-10(12-6-7-15(17)16(18)8-12)19-13-4-3-5-14(9-13)20-11(2)21/h3-10,19H,1-2H3,(H,20,21). The molecule has 0 aliphatic heterocycles. The number of amides is 1. The van der Waals surface area contributed by atoms with E-state index in [1.807, 2.05) is 13.0 Å². The monoisotopic (exact) mass is 290 g/mol. The van der Waals surface area contributed by atoms with E-state index in [9.17, 15) is 13.6 Å². The zero-order valence-corrected chi connectivity index (χ0v) is 11.8. The predicted molar refractivity (Wildman–Crippen MR) is 79.1 cm³/mol. The summed E-state index contributed by atoms with van der Waals surface area (Å²) in [6.07, 6.45) is 0. The lowest BCUT2D eigenvalue weighted by Gasteiger charge is -2.16. The van der Waals surface area contributed by atoms with Crippen molar-refractivity contribution in [3.63, 3.8) is 0 Å². The number of hydrogen-bond acceptors (Lipinski definition) is 2. The van der Waals surface area contributed by atoms with Crippen LogP contribution in [0, 0.1) is 11.6 Å². The van der Waals surface area contributed by atoms with Gasteiger partial charge in [0.1, 0.15) is 0 Å². The molecule has 0 fully saturated rings. The van der Waals surface area contributed by atoms with Crippen LogP contribution in [-0.4, -0.2) is 5.91 Å². The number of carbonyl (C=O) groups excluding carboxylic acids is 1. The number of benzene rings is 2. The molecule has 0 spiro atoms. The van der Waals surface area contributed by atoms with Crippen molar-refractivity contribution >= 4 is 17.3 Å². The molecule has 0 aromatic heterocycles. The fourth-order valence-corrected chi connectivity index (χ4v) is 2.01. The van der Waals surface area contributed by atoms with Gasteiger partial charge in [0, 0.05) is 24.3 Å². The number of hydrogen-bond donors (Lipinski definition) is 2. The maximum atomic E-state index is 13.2. The summed E-state index contributed by atoms with van der Waals surface area (Å²) < 4.78 is 26.2. The molecule has 2 rings (SSSR count). The van der Waals surface area contributed by atoms with Crippen LogP contribution in [0.2, 0.25) is 0 Å². The van der Waals surface area contributed by atoms with E-state index < -0.39 is 11.6 Å². The van der Waals surface area contributed by atoms with Crippen molar-refractivity contribution < 1.29 is 13.6 Å². The molecule has 21 heavy (non-hydrogen) atoms. The van der Waals surface area contributed by atoms with Crippen LogP contribution in [-0.2, 0) is 4.79 Å². The second-order valence-electron chi connectivity index (χ2n) is 4.80. The molecular formula is C16H16F2N2O. The van der Waals surface area contributed by atoms with E-state index in [2.05, 4.69) is 10.6 Å². The highest BCUT2D eigenvalue weighted by Gasteiger charge is 2.09. The van der Waals surface area contributed by atoms with Crippen LogP contribution in [0.25, 0.3) is 0 Å². The molecule has 0 saturated heterocycles. The van der Waals surface area contributed by atoms with Gasteiger partial charge in [0.25, 0.3) is 0 Å². The Morgan fingerprint density at radius 1 is 1.05 bits per heavy atom. The Balaban J connectivity index is 2.13. The average Bonchev–Trinajstić information content (AvgIpc) is 2.41. The first kappa shape index (κ1) is 15.0. The molecule has 3 nitrogen and oxygen atoms in total. The lowest BCUT2D eigenvalue weighted by atomic mass is 10.1. The zero-order valence-electron chi connectivity index (χ0n) is 11.8. The van der Waals surface area contributed by atoms with Gasteiger partial charge in [-0.3, -0.25) is 4.79 Å². The highest BCUT2D eigenvalue weighted by molar-refractivity contribution is 5.89. The van der Waals surface area contributed by atoms with Crippen LogP contribution in [0.5, 0.6) is 0 Å². The van der Waals surface area contributed by atoms with Gasteiger partial charge >= 0.3 is 0 Å². The Morgan fingerprint density at radius 2 is 1.76 bits per heavy atom. The predicted octanol–water partition coefficient (Wildman–Crippen LogP) is 4.10. The van der Waals surface area contributed by atoms with Gasteiger partial charge in [-0.2, -0.15) is 0 Å². The molecule has 5 heteroatoms. The van der Waals surface area contributed by atoms with Crippen molar-refractivity contribution in [2.75, 3.05) is 10.6 Å². The van der Waals surface area contributed by atoms with Crippen molar-refractivity contribution in [2.24, 2.45) is 0 Å². The first-order valence-corrected chi connectivity index (χ1v) is 6.55. The Labute approximate surface area is 122 Å². The van der Waals surface area contributed by atoms with Crippen LogP contribution in [0.15, 0.2) is 42.5 Å². The summed E-state index contributed by atoms with van der Waals surface area (Å²) in [7, 11) is 0. The van der Waals surface area contributed by atoms with Crippen LogP contribution in [0.4, 0.5) is 20.2 Å². The van der Waals surface area contributed by atoms with Crippen LogP contribution in [0.3, 0.4) is 0 Å². The van der Waals surface area contributed by atoms with Crippen molar-refractivity contribution in [1.29, 1.82) is 0 Å². The highest BCUT2D eigenvalue weighted by Crippen LogP contribution is 2.23. The van der Waals surface area contributed by atoms with Gasteiger partial charge in [-0.15, -0.1) is 0 Å². The minimum absolute atomic E-state index is 0.152. The molecule has 2 N–H and O–H groups in total. The second kappa shape index (κ2) is 6.35. The molecule has 0 radical (unpaired) electrons. The first-order chi connectivity index (χ1) is 9.95. The van der Waals surface area contributed by atoms with Gasteiger partial charge in [0.15, 0.2) is 11.6 Å². The molecule has 0 saturated carbocycles. The van der Waals surface area contributed by atoms with Crippen molar-refractivity contribution in [3.05, 3.63) is 59.7 Å². The lowest BCUT2D eigenvalue weighted by molar-refractivity contribution is -0.114. The van der Waals surface area contributed by atoms with Crippen LogP contribution in [0.1, 0.15) is 25.5 Å². The molecule has 1 atom stereocenters. The minimum atomic E-state index is -0.867. The summed E-state index contributed by atoms with van der Waals surface area (Å²) in [6.45, 7) is 3.28. The molecule has 2 aromatic rings. The Bertz CT molecular complexity index is 658. The SMILES string of the molecule is CC(=O)Nc1cccc(NC(C)c2ccc(F)c(F)c2)c1. The summed E-state index contributed by atoms with van der Waals surface area (Å²) in [5, 5.41) is 5.86. The van der Waals surface area contributed by atoms with Crippen molar-refractivity contribution in [3.8, 4) is 0 Å². The number of anilines is 2. The third-order valence-corrected chi connectivity index (χ3v) is 3.01. The summed E-state index contributed by atoms with van der Waals surface area (Å²) in [6, 6.07) is 10.8. The van der Waals surface area contributed by atoms with Crippen LogP contribution >= 0.6 is 0 Å². The molecule has 0 aliphatic carbocycles. The summed E-state index contributed by atoms with van der Waals surface area (Å²) in [5.74, 6) is -1.88. The zero-order chi connectivity index (χ0) is 15.4. The summed E-state index contributed by atoms with van der Waals surface area (Å²) >= 11 is 0. The molecule has 0 bridgehead atoms. The van der Waals surface area contributed by atoms with E-state index in [4.69, 9.17) is 0 Å². The number of nitrogens with one attached hydrogen (secondary N) is 2. The molecule has 2 aromatic carbocycles. The number of carbonyl (C=O) groups is 1. The molecular weight excluding hydrogens is 274 g/mol. The smallest absolute Gasteiger partial charge is 0.221 e. The van der Waals surface area contributed by atoms with Gasteiger partial charge in [0.2, 0.25) is 5.91 Å². The number of halogens is 2. The first-order valence-electron chi connectivity index (χ1n) is 6.55. The van der Waals surface area contributed by atoms with Gasteiger partial charge in [-0.05, 0) is 42.8 Å². The molecule has 1 amide bonds. The Morgan fingerprint density at radius 3 is 2.43 bits per heavy atom. The van der Waals surface area contributed by atoms with Gasteiger partial charge in [-0.1, -0.05) is 12.1 Å². The van der Waals surface area contributed by atoms with Crippen LogP contribution < -0.4 is 10.6 Å². The molecule has 110 valence electrons. The summed E-state index contributed by atoms with van der Waals surface area (Å²) in [4.78, 5) is 11.0. The Hall–Kier alpha value is -2.43. The fourth-order valence-electron chi connectivity index (χ4n) is 2.01. The maximum absolute atomic E-state index is 13.2. The largest absolute Gasteiger partial charge is 0.378 e. The van der Waals surface area contributed by atoms with E-state index in [-0.39, 0.29) is 11.9 Å².